The van der Waals surface area contributed by atoms with E-state index in [9.17, 15) is 13.6 Å². The molecule has 0 aromatic heterocycles. The molecule has 0 heterocycles. The fourth-order valence-electron chi connectivity index (χ4n) is 1.57. The zero-order valence-corrected chi connectivity index (χ0v) is 10.7. The summed E-state index contributed by atoms with van der Waals surface area (Å²) in [5, 5.41) is 0. The van der Waals surface area contributed by atoms with Gasteiger partial charge in [-0.3, -0.25) is 4.21 Å². The number of esters is 1. The molecule has 0 amide bonds. The molecule has 0 saturated carbocycles. The van der Waals surface area contributed by atoms with Crippen molar-refractivity contribution in [1.82, 2.24) is 0 Å². The first-order valence-corrected chi connectivity index (χ1v) is 6.71. The number of carbonyl (C=O) groups is 1. The number of hydrogen-bond donors (Lipinski definition) is 0. The maximum atomic E-state index is 11.8. The first kappa shape index (κ1) is 13.5. The highest BCUT2D eigenvalue weighted by molar-refractivity contribution is 7.79. The first-order chi connectivity index (χ1) is 9.18. The highest BCUT2D eigenvalue weighted by Crippen LogP contribution is 2.21. The molecule has 0 N–H and O–H groups in total. The normalized spacial score (nSPS) is 13.5. The van der Waals surface area contributed by atoms with E-state index >= 15 is 0 Å². The lowest BCUT2D eigenvalue weighted by Crippen LogP contribution is -2.15. The van der Waals surface area contributed by atoms with Crippen molar-refractivity contribution in [1.29, 1.82) is 0 Å². The van der Waals surface area contributed by atoms with Gasteiger partial charge in [0.15, 0.2) is 5.44 Å². The van der Waals surface area contributed by atoms with E-state index in [0.29, 0.717) is 11.1 Å². The molecule has 0 saturated heterocycles. The molecule has 0 aliphatic heterocycles. The van der Waals surface area contributed by atoms with Crippen LogP contribution < -0.4 is 0 Å². The molecular weight excluding hydrogens is 264 g/mol. The molecule has 2 atom stereocenters. The van der Waals surface area contributed by atoms with E-state index in [-0.39, 0.29) is 0 Å². The smallest absolute Gasteiger partial charge is 0.339 e. The van der Waals surface area contributed by atoms with Gasteiger partial charge < -0.3 is 9.29 Å². The summed E-state index contributed by atoms with van der Waals surface area (Å²) in [5.74, 6) is -0.668. The second-order valence-corrected chi connectivity index (χ2v) is 4.72. The Balaban J connectivity index is 2.19. The molecule has 0 radical (unpaired) electrons. The molecule has 2 aromatic rings. The van der Waals surface area contributed by atoms with Crippen LogP contribution in [0, 0.1) is 0 Å². The van der Waals surface area contributed by atoms with Gasteiger partial charge in [-0.2, -0.15) is 0 Å². The van der Waals surface area contributed by atoms with Crippen molar-refractivity contribution in [3.05, 3.63) is 71.8 Å². The topological polar surface area (TPSA) is 66.4 Å². The third kappa shape index (κ3) is 3.49. The summed E-state index contributed by atoms with van der Waals surface area (Å²) >= 11 is -2.54. The summed E-state index contributed by atoms with van der Waals surface area (Å²) in [4.78, 5) is 11.8. The number of ether oxygens (including phenoxy) is 1. The zero-order chi connectivity index (χ0) is 13.7. The summed E-state index contributed by atoms with van der Waals surface area (Å²) in [6.45, 7) is 0. The number of carbonyl (C=O) groups excluding carboxylic acids is 1. The van der Waals surface area contributed by atoms with Crippen LogP contribution in [0.15, 0.2) is 60.7 Å². The van der Waals surface area contributed by atoms with Crippen molar-refractivity contribution in [2.24, 2.45) is 0 Å². The van der Waals surface area contributed by atoms with E-state index < -0.39 is 22.5 Å². The summed E-state index contributed by atoms with van der Waals surface area (Å²) in [6.07, 6.45) is 0. The van der Waals surface area contributed by atoms with E-state index in [0.717, 1.165) is 0 Å². The minimum Gasteiger partial charge on any atom is -0.769 e. The predicted octanol–water partition coefficient (Wildman–Crippen LogP) is 2.42. The second kappa shape index (κ2) is 6.26. The summed E-state index contributed by atoms with van der Waals surface area (Å²) in [7, 11) is 0. The van der Waals surface area contributed by atoms with Gasteiger partial charge in [-0.15, -0.1) is 0 Å². The lowest BCUT2D eigenvalue weighted by Gasteiger charge is -2.20. The van der Waals surface area contributed by atoms with Gasteiger partial charge in [-0.1, -0.05) is 48.5 Å². The van der Waals surface area contributed by atoms with Crippen LogP contribution in [-0.2, 0) is 15.8 Å². The Morgan fingerprint density at radius 2 is 1.53 bits per heavy atom. The average Bonchev–Trinajstić information content (AvgIpc) is 2.46. The molecule has 0 spiro atoms. The minimum absolute atomic E-state index is 0.314. The van der Waals surface area contributed by atoms with Gasteiger partial charge in [0, 0.05) is 5.56 Å². The van der Waals surface area contributed by atoms with Crippen molar-refractivity contribution in [3.63, 3.8) is 0 Å². The highest BCUT2D eigenvalue weighted by Gasteiger charge is 2.18. The molecule has 98 valence electrons. The molecule has 4 nitrogen and oxygen atoms in total. The Morgan fingerprint density at radius 3 is 2.05 bits per heavy atom. The van der Waals surface area contributed by atoms with E-state index in [1.807, 2.05) is 0 Å². The van der Waals surface area contributed by atoms with Gasteiger partial charge >= 0.3 is 5.97 Å². The molecule has 2 aromatic carbocycles. The third-order valence-corrected chi connectivity index (χ3v) is 3.19. The van der Waals surface area contributed by atoms with Crippen LogP contribution in [-0.4, -0.2) is 14.7 Å². The fourth-order valence-corrected chi connectivity index (χ4v) is 2.11. The average molecular weight is 275 g/mol. The number of hydrogen-bond acceptors (Lipinski definition) is 4. The maximum absolute atomic E-state index is 11.8. The molecule has 0 aliphatic rings. The Hall–Kier alpha value is -1.98. The first-order valence-electron chi connectivity index (χ1n) is 5.57. The molecule has 0 fully saturated rings. The van der Waals surface area contributed by atoms with Gasteiger partial charge in [0.1, 0.15) is 0 Å². The van der Waals surface area contributed by atoms with Crippen LogP contribution in [0.5, 0.6) is 0 Å². The Kier molecular flexibility index (Phi) is 4.43. The van der Waals surface area contributed by atoms with E-state index in [4.69, 9.17) is 4.74 Å². The number of benzene rings is 2. The second-order valence-electron chi connectivity index (χ2n) is 3.77. The van der Waals surface area contributed by atoms with Crippen molar-refractivity contribution in [2.75, 3.05) is 0 Å². The van der Waals surface area contributed by atoms with Crippen LogP contribution in [0.4, 0.5) is 0 Å². The summed E-state index contributed by atoms with van der Waals surface area (Å²) in [5.41, 5.74) is -0.567. The zero-order valence-electron chi connectivity index (χ0n) is 9.89. The van der Waals surface area contributed by atoms with Crippen LogP contribution in [0.1, 0.15) is 21.4 Å². The SMILES string of the molecule is O=C(OC(c1ccccc1)S(=O)[O-])c1ccccc1. The fraction of sp³-hybridized carbons (Fsp3) is 0.0714. The van der Waals surface area contributed by atoms with Gasteiger partial charge in [-0.05, 0) is 23.2 Å². The predicted molar refractivity (Wildman–Crippen MR) is 70.0 cm³/mol. The van der Waals surface area contributed by atoms with Crippen molar-refractivity contribution < 1.29 is 18.3 Å². The van der Waals surface area contributed by atoms with Gasteiger partial charge in [0.25, 0.3) is 0 Å². The molecule has 19 heavy (non-hydrogen) atoms. The van der Waals surface area contributed by atoms with Crippen LogP contribution in [0.2, 0.25) is 0 Å². The highest BCUT2D eigenvalue weighted by atomic mass is 32.2. The molecule has 5 heteroatoms. The van der Waals surface area contributed by atoms with E-state index in [1.165, 1.54) is 0 Å². The molecule has 0 bridgehead atoms. The van der Waals surface area contributed by atoms with Crippen LogP contribution >= 0.6 is 0 Å². The van der Waals surface area contributed by atoms with Crippen LogP contribution in [0.3, 0.4) is 0 Å². The largest absolute Gasteiger partial charge is 0.769 e. The number of rotatable bonds is 4. The molecule has 2 unspecified atom stereocenters. The molecule has 0 aliphatic carbocycles. The monoisotopic (exact) mass is 275 g/mol. The van der Waals surface area contributed by atoms with Gasteiger partial charge in [0.2, 0.25) is 0 Å². The third-order valence-electron chi connectivity index (χ3n) is 2.47. The molecule has 2 rings (SSSR count). The van der Waals surface area contributed by atoms with Crippen molar-refractivity contribution in [3.8, 4) is 0 Å². The minimum atomic E-state index is -2.54. The van der Waals surface area contributed by atoms with Gasteiger partial charge in [0.05, 0.1) is 5.56 Å². The van der Waals surface area contributed by atoms with Gasteiger partial charge in [-0.25, -0.2) is 4.79 Å². The Bertz CT molecular complexity index is 569. The van der Waals surface area contributed by atoms with Crippen LogP contribution in [0.25, 0.3) is 0 Å². The van der Waals surface area contributed by atoms with E-state index in [1.54, 1.807) is 60.7 Å². The summed E-state index contributed by atoms with van der Waals surface area (Å²) in [6, 6.07) is 16.6. The van der Waals surface area contributed by atoms with Crippen molar-refractivity contribution >= 4 is 17.0 Å². The lowest BCUT2D eigenvalue weighted by molar-refractivity contribution is 0.0438. The maximum Gasteiger partial charge on any atom is 0.339 e. The van der Waals surface area contributed by atoms with E-state index in [2.05, 4.69) is 0 Å². The standard InChI is InChI=1S/C14H12O4S/c15-13(11-7-3-1-4-8-11)18-14(19(16)17)12-9-5-2-6-10-12/h1-10,14H,(H,16,17)/p-1. The van der Waals surface area contributed by atoms with Crippen molar-refractivity contribution in [2.45, 2.75) is 5.44 Å². The lowest BCUT2D eigenvalue weighted by atomic mass is 10.2. The Labute approximate surface area is 113 Å². The Morgan fingerprint density at radius 1 is 1.00 bits per heavy atom. The quantitative estimate of drug-likeness (QED) is 0.635. The molecular formula is C14H11O4S-. The summed E-state index contributed by atoms with van der Waals surface area (Å²) < 4.78 is 27.4.